The third-order valence-electron chi connectivity index (χ3n) is 5.93. The number of fused-ring (bicyclic) bond motifs is 3. The fraction of sp³-hybridized carbons (Fsp3) is 0.556. The zero-order chi connectivity index (χ0) is 17.8. The first-order valence-electron chi connectivity index (χ1n) is 9.36. The molecule has 136 valence electrons. The number of likely N-dealkylation sites (tertiary alicyclic amines) is 1. The standard InChI is InChI=1S/C18H23N7O/c1-3-11-9-24(18(26)23(2)12-4-5-12)10-13(11)17-22-21-15-8-20-16-14(25(15)17)6-7-19-16/h6-8,11-13,19H,3-5,9-10H2,1-2H3/t11-,13+/m1/s1. The highest BCUT2D eigenvalue weighted by atomic mass is 16.2. The van der Waals surface area contributed by atoms with Crippen molar-refractivity contribution in [2.75, 3.05) is 20.1 Å². The van der Waals surface area contributed by atoms with Gasteiger partial charge in [0.25, 0.3) is 0 Å². The predicted octanol–water partition coefficient (Wildman–Crippen LogP) is 2.25. The first-order chi connectivity index (χ1) is 12.7. The zero-order valence-electron chi connectivity index (χ0n) is 15.1. The molecule has 1 aliphatic heterocycles. The number of urea groups is 1. The largest absolute Gasteiger partial charge is 0.345 e. The molecular weight excluding hydrogens is 330 g/mol. The van der Waals surface area contributed by atoms with Crippen molar-refractivity contribution in [1.29, 1.82) is 0 Å². The Labute approximate surface area is 151 Å². The molecule has 26 heavy (non-hydrogen) atoms. The van der Waals surface area contributed by atoms with Crippen LogP contribution in [0.25, 0.3) is 16.8 Å². The van der Waals surface area contributed by atoms with Crippen LogP contribution < -0.4 is 0 Å². The van der Waals surface area contributed by atoms with Gasteiger partial charge in [0.05, 0.1) is 11.7 Å². The molecular formula is C18H23N7O. The topological polar surface area (TPSA) is 82.4 Å². The Morgan fingerprint density at radius 2 is 2.19 bits per heavy atom. The molecule has 1 saturated heterocycles. The van der Waals surface area contributed by atoms with Gasteiger partial charge in [-0.2, -0.15) is 0 Å². The normalized spacial score (nSPS) is 23.2. The molecule has 0 bridgehead atoms. The van der Waals surface area contributed by atoms with Gasteiger partial charge in [-0.15, -0.1) is 10.2 Å². The van der Waals surface area contributed by atoms with Gasteiger partial charge in [-0.25, -0.2) is 9.78 Å². The van der Waals surface area contributed by atoms with E-state index in [9.17, 15) is 4.79 Å². The molecule has 0 unspecified atom stereocenters. The number of carbonyl (C=O) groups is 1. The van der Waals surface area contributed by atoms with Crippen LogP contribution in [0.4, 0.5) is 4.79 Å². The lowest BCUT2D eigenvalue weighted by molar-refractivity contribution is 0.169. The van der Waals surface area contributed by atoms with Crippen LogP contribution in [0, 0.1) is 5.92 Å². The summed E-state index contributed by atoms with van der Waals surface area (Å²) >= 11 is 0. The molecule has 0 radical (unpaired) electrons. The number of rotatable bonds is 3. The number of carbonyl (C=O) groups excluding carboxylic acids is 1. The molecule has 1 saturated carbocycles. The van der Waals surface area contributed by atoms with Crippen molar-refractivity contribution in [3.63, 3.8) is 0 Å². The predicted molar refractivity (Wildman–Crippen MR) is 96.9 cm³/mol. The van der Waals surface area contributed by atoms with E-state index in [1.807, 2.05) is 29.1 Å². The van der Waals surface area contributed by atoms with Gasteiger partial charge in [0.2, 0.25) is 0 Å². The van der Waals surface area contributed by atoms with Crippen LogP contribution in [0.3, 0.4) is 0 Å². The van der Waals surface area contributed by atoms with Crippen molar-refractivity contribution < 1.29 is 4.79 Å². The van der Waals surface area contributed by atoms with Crippen LogP contribution in [0.2, 0.25) is 0 Å². The van der Waals surface area contributed by atoms with Crippen LogP contribution in [-0.4, -0.2) is 66.6 Å². The van der Waals surface area contributed by atoms with E-state index in [1.54, 1.807) is 6.20 Å². The van der Waals surface area contributed by atoms with Gasteiger partial charge in [-0.1, -0.05) is 13.3 Å². The van der Waals surface area contributed by atoms with Crippen LogP contribution in [-0.2, 0) is 0 Å². The molecule has 5 rings (SSSR count). The van der Waals surface area contributed by atoms with Crippen LogP contribution >= 0.6 is 0 Å². The van der Waals surface area contributed by atoms with Crippen molar-refractivity contribution in [3.8, 4) is 0 Å². The van der Waals surface area contributed by atoms with E-state index in [2.05, 4.69) is 31.5 Å². The Balaban J connectivity index is 1.51. The van der Waals surface area contributed by atoms with Gasteiger partial charge >= 0.3 is 6.03 Å². The fourth-order valence-corrected chi connectivity index (χ4v) is 4.21. The van der Waals surface area contributed by atoms with Gasteiger partial charge in [0.1, 0.15) is 5.82 Å². The molecule has 3 aromatic heterocycles. The molecule has 2 atom stereocenters. The quantitative estimate of drug-likeness (QED) is 0.783. The van der Waals surface area contributed by atoms with Crippen molar-refractivity contribution in [3.05, 3.63) is 24.3 Å². The van der Waals surface area contributed by atoms with Gasteiger partial charge in [-0.3, -0.25) is 4.40 Å². The number of hydrogen-bond donors (Lipinski definition) is 1. The van der Waals surface area contributed by atoms with E-state index < -0.39 is 0 Å². The fourth-order valence-electron chi connectivity index (χ4n) is 4.21. The molecule has 2 amide bonds. The minimum absolute atomic E-state index is 0.149. The van der Waals surface area contributed by atoms with Crippen molar-refractivity contribution in [1.82, 2.24) is 34.4 Å². The summed E-state index contributed by atoms with van der Waals surface area (Å²) in [5.41, 5.74) is 2.56. The van der Waals surface area contributed by atoms with E-state index in [0.717, 1.165) is 48.4 Å². The molecule has 8 heteroatoms. The van der Waals surface area contributed by atoms with Crippen LogP contribution in [0.1, 0.15) is 37.9 Å². The average Bonchev–Trinajstić information content (AvgIpc) is 3.08. The molecule has 1 N–H and O–H groups in total. The second kappa shape index (κ2) is 5.69. The third-order valence-corrected chi connectivity index (χ3v) is 5.93. The van der Waals surface area contributed by atoms with Crippen molar-refractivity contribution in [2.24, 2.45) is 5.92 Å². The summed E-state index contributed by atoms with van der Waals surface area (Å²) in [4.78, 5) is 24.3. The summed E-state index contributed by atoms with van der Waals surface area (Å²) in [5, 5.41) is 8.83. The number of nitrogens with zero attached hydrogens (tertiary/aromatic N) is 6. The monoisotopic (exact) mass is 353 g/mol. The molecule has 0 aromatic carbocycles. The molecule has 3 aromatic rings. The Hall–Kier alpha value is -2.64. The second-order valence-electron chi connectivity index (χ2n) is 7.53. The minimum atomic E-state index is 0.149. The van der Waals surface area contributed by atoms with E-state index in [0.29, 0.717) is 18.5 Å². The summed E-state index contributed by atoms with van der Waals surface area (Å²) < 4.78 is 2.09. The lowest BCUT2D eigenvalue weighted by Crippen LogP contribution is -2.41. The number of H-pyrrole nitrogens is 1. The highest BCUT2D eigenvalue weighted by Gasteiger charge is 2.41. The van der Waals surface area contributed by atoms with Crippen molar-refractivity contribution >= 4 is 22.8 Å². The van der Waals surface area contributed by atoms with Crippen molar-refractivity contribution in [2.45, 2.75) is 38.1 Å². The smallest absolute Gasteiger partial charge is 0.320 e. The number of nitrogens with one attached hydrogen (secondary N) is 1. The summed E-state index contributed by atoms with van der Waals surface area (Å²) in [7, 11) is 1.93. The first-order valence-corrected chi connectivity index (χ1v) is 9.36. The number of aromatic amines is 1. The van der Waals surface area contributed by atoms with Gasteiger partial charge in [-0.05, 0) is 24.8 Å². The maximum Gasteiger partial charge on any atom is 0.320 e. The highest BCUT2D eigenvalue weighted by Crippen LogP contribution is 2.36. The van der Waals surface area contributed by atoms with Crippen LogP contribution in [0.15, 0.2) is 18.5 Å². The maximum atomic E-state index is 12.8. The summed E-state index contributed by atoms with van der Waals surface area (Å²) in [6.45, 7) is 3.67. The van der Waals surface area contributed by atoms with Gasteiger partial charge in [0.15, 0.2) is 11.3 Å². The lowest BCUT2D eigenvalue weighted by atomic mass is 9.93. The highest BCUT2D eigenvalue weighted by molar-refractivity contribution is 5.76. The molecule has 1 aliphatic carbocycles. The van der Waals surface area contributed by atoms with E-state index in [-0.39, 0.29) is 11.9 Å². The number of hydrogen-bond acceptors (Lipinski definition) is 4. The third kappa shape index (κ3) is 2.28. The van der Waals surface area contributed by atoms with Gasteiger partial charge < -0.3 is 14.8 Å². The summed E-state index contributed by atoms with van der Waals surface area (Å²) in [5.74, 6) is 1.51. The molecule has 4 heterocycles. The maximum absolute atomic E-state index is 12.8. The first kappa shape index (κ1) is 15.6. The zero-order valence-corrected chi connectivity index (χ0v) is 15.1. The Kier molecular flexibility index (Phi) is 3.41. The molecule has 2 fully saturated rings. The Morgan fingerprint density at radius 3 is 2.96 bits per heavy atom. The average molecular weight is 353 g/mol. The SMILES string of the molecule is CC[C@@H]1CN(C(=O)N(C)C2CC2)C[C@@H]1c1nnc2cnc3[nH]ccc3n12. The Morgan fingerprint density at radius 1 is 1.35 bits per heavy atom. The molecule has 0 spiro atoms. The number of aromatic nitrogens is 5. The lowest BCUT2D eigenvalue weighted by Gasteiger charge is -2.24. The van der Waals surface area contributed by atoms with E-state index in [4.69, 9.17) is 0 Å². The Bertz CT molecular complexity index is 972. The summed E-state index contributed by atoms with van der Waals surface area (Å²) in [6.07, 6.45) is 6.90. The summed E-state index contributed by atoms with van der Waals surface area (Å²) in [6, 6.07) is 2.58. The number of amides is 2. The second-order valence-corrected chi connectivity index (χ2v) is 7.53. The van der Waals surface area contributed by atoms with Crippen LogP contribution in [0.5, 0.6) is 0 Å². The molecule has 8 nitrogen and oxygen atoms in total. The van der Waals surface area contributed by atoms with E-state index in [1.165, 1.54) is 0 Å². The van der Waals surface area contributed by atoms with E-state index >= 15 is 0 Å². The minimum Gasteiger partial charge on any atom is -0.345 e. The molecule has 2 aliphatic rings. The van der Waals surface area contributed by atoms with Gasteiger partial charge in [0, 0.05) is 38.3 Å².